The van der Waals surface area contributed by atoms with Crippen molar-refractivity contribution in [1.29, 1.82) is 0 Å². The fourth-order valence-corrected chi connectivity index (χ4v) is 2.81. The smallest absolute Gasteiger partial charge is 0.272 e. The van der Waals surface area contributed by atoms with Gasteiger partial charge in [0.05, 0.1) is 17.7 Å². The minimum atomic E-state index is -0.551. The molecule has 0 aliphatic rings. The molecule has 0 aliphatic heterocycles. The lowest BCUT2D eigenvalue weighted by molar-refractivity contribution is -0.113. The van der Waals surface area contributed by atoms with Gasteiger partial charge in [0, 0.05) is 5.69 Å². The molecule has 30 heavy (non-hydrogen) atoms. The van der Waals surface area contributed by atoms with Crippen LogP contribution in [-0.2, 0) is 4.79 Å². The van der Waals surface area contributed by atoms with E-state index in [1.165, 1.54) is 30.3 Å². The van der Waals surface area contributed by atoms with E-state index in [0.29, 0.717) is 17.0 Å². The number of carbonyl (C=O) groups excluding carboxylic acids is 2. The molecule has 2 N–H and O–H groups in total. The molecule has 3 aromatic rings. The first-order valence-corrected chi connectivity index (χ1v) is 9.32. The van der Waals surface area contributed by atoms with Crippen molar-refractivity contribution in [3.05, 3.63) is 100 Å². The van der Waals surface area contributed by atoms with Crippen LogP contribution >= 0.6 is 11.6 Å². The minimum absolute atomic E-state index is 0.0256. The Balaban J connectivity index is 1.88. The summed E-state index contributed by atoms with van der Waals surface area (Å²) in [5.74, 6) is -0.859. The van der Waals surface area contributed by atoms with Gasteiger partial charge >= 0.3 is 0 Å². The number of carbonyl (C=O) groups is 2. The number of anilines is 1. The van der Waals surface area contributed by atoms with Crippen molar-refractivity contribution >= 4 is 35.2 Å². The van der Waals surface area contributed by atoms with Crippen LogP contribution in [0, 0.1) is 5.82 Å². The van der Waals surface area contributed by atoms with Crippen LogP contribution in [0.15, 0.2) is 78.5 Å². The lowest BCUT2D eigenvalue weighted by Gasteiger charge is -2.12. The van der Waals surface area contributed by atoms with Gasteiger partial charge in [-0.1, -0.05) is 35.9 Å². The molecule has 0 bridgehead atoms. The van der Waals surface area contributed by atoms with Crippen LogP contribution in [0.5, 0.6) is 5.75 Å². The zero-order valence-corrected chi connectivity index (χ0v) is 16.7. The van der Waals surface area contributed by atoms with E-state index in [0.717, 1.165) is 0 Å². The van der Waals surface area contributed by atoms with E-state index >= 15 is 0 Å². The molecule has 0 aromatic heterocycles. The summed E-state index contributed by atoms with van der Waals surface area (Å²) in [7, 11) is 1.54. The summed E-state index contributed by atoms with van der Waals surface area (Å²) in [6.45, 7) is 0. The fraction of sp³-hybridized carbons (Fsp3) is 0.0435. The first kappa shape index (κ1) is 21.1. The normalized spacial score (nSPS) is 11.0. The van der Waals surface area contributed by atoms with Gasteiger partial charge in [-0.05, 0) is 60.2 Å². The largest absolute Gasteiger partial charge is 0.497 e. The highest BCUT2D eigenvalue weighted by atomic mass is 35.5. The Morgan fingerprint density at radius 1 is 0.967 bits per heavy atom. The SMILES string of the molecule is COc1ccc(NC(=O)/C(=C/c2ccc(F)cc2)NC(=O)c2ccccc2Cl)cc1. The molecule has 152 valence electrons. The van der Waals surface area contributed by atoms with Crippen molar-refractivity contribution in [3.63, 3.8) is 0 Å². The third-order valence-corrected chi connectivity index (χ3v) is 4.47. The number of hydrogen-bond donors (Lipinski definition) is 2. The Hall–Kier alpha value is -3.64. The van der Waals surface area contributed by atoms with Crippen LogP contribution in [-0.4, -0.2) is 18.9 Å². The lowest BCUT2D eigenvalue weighted by atomic mass is 10.1. The van der Waals surface area contributed by atoms with Gasteiger partial charge in [-0.15, -0.1) is 0 Å². The number of halogens is 2. The standard InChI is InChI=1S/C23H18ClFN2O3/c1-30-18-12-10-17(11-13-18)26-23(29)21(14-15-6-8-16(25)9-7-15)27-22(28)19-4-2-3-5-20(19)24/h2-14H,1H3,(H,26,29)(H,27,28)/b21-14-. The van der Waals surface area contributed by atoms with Crippen molar-refractivity contribution in [1.82, 2.24) is 5.32 Å². The van der Waals surface area contributed by atoms with Crippen molar-refractivity contribution in [2.45, 2.75) is 0 Å². The van der Waals surface area contributed by atoms with Crippen LogP contribution in [0.4, 0.5) is 10.1 Å². The number of benzene rings is 3. The van der Waals surface area contributed by atoms with E-state index in [-0.39, 0.29) is 16.3 Å². The van der Waals surface area contributed by atoms with Crippen molar-refractivity contribution in [2.75, 3.05) is 12.4 Å². The summed E-state index contributed by atoms with van der Waals surface area (Å²) in [6, 6.07) is 18.8. The van der Waals surface area contributed by atoms with E-state index in [9.17, 15) is 14.0 Å². The Kier molecular flexibility index (Phi) is 6.83. The predicted octanol–water partition coefficient (Wildman–Crippen LogP) is 4.90. The molecular formula is C23H18ClFN2O3. The monoisotopic (exact) mass is 424 g/mol. The van der Waals surface area contributed by atoms with Crippen molar-refractivity contribution in [2.24, 2.45) is 0 Å². The molecule has 0 saturated carbocycles. The number of hydrogen-bond acceptors (Lipinski definition) is 3. The number of nitrogens with one attached hydrogen (secondary N) is 2. The molecule has 3 aromatic carbocycles. The highest BCUT2D eigenvalue weighted by molar-refractivity contribution is 6.34. The third kappa shape index (κ3) is 5.46. The highest BCUT2D eigenvalue weighted by Gasteiger charge is 2.17. The van der Waals surface area contributed by atoms with Crippen LogP contribution < -0.4 is 15.4 Å². The van der Waals surface area contributed by atoms with Gasteiger partial charge < -0.3 is 15.4 Å². The molecule has 0 spiro atoms. The highest BCUT2D eigenvalue weighted by Crippen LogP contribution is 2.18. The Bertz CT molecular complexity index is 1080. The summed E-state index contributed by atoms with van der Waals surface area (Å²) in [5.41, 5.74) is 1.25. The van der Waals surface area contributed by atoms with E-state index in [2.05, 4.69) is 10.6 Å². The summed E-state index contributed by atoms with van der Waals surface area (Å²) in [4.78, 5) is 25.5. The van der Waals surface area contributed by atoms with Gasteiger partial charge in [0.1, 0.15) is 17.3 Å². The quantitative estimate of drug-likeness (QED) is 0.553. The zero-order valence-electron chi connectivity index (χ0n) is 16.0. The van der Waals surface area contributed by atoms with Gasteiger partial charge in [0.2, 0.25) is 0 Å². The molecule has 0 saturated heterocycles. The second kappa shape index (κ2) is 9.71. The molecule has 2 amide bonds. The summed E-state index contributed by atoms with van der Waals surface area (Å²) in [5, 5.41) is 5.56. The van der Waals surface area contributed by atoms with Crippen LogP contribution in [0.1, 0.15) is 15.9 Å². The molecule has 7 heteroatoms. The number of amides is 2. The Labute approximate surface area is 178 Å². The number of methoxy groups -OCH3 is 1. The maximum atomic E-state index is 13.2. The second-order valence-corrected chi connectivity index (χ2v) is 6.63. The average molecular weight is 425 g/mol. The molecule has 0 radical (unpaired) electrons. The number of rotatable bonds is 6. The minimum Gasteiger partial charge on any atom is -0.497 e. The molecule has 0 unspecified atom stereocenters. The van der Waals surface area contributed by atoms with Gasteiger partial charge in [-0.25, -0.2) is 4.39 Å². The maximum absolute atomic E-state index is 13.2. The van der Waals surface area contributed by atoms with Crippen LogP contribution in [0.25, 0.3) is 6.08 Å². The molecule has 5 nitrogen and oxygen atoms in total. The molecule has 0 heterocycles. The molecule has 0 fully saturated rings. The van der Waals surface area contributed by atoms with Crippen LogP contribution in [0.2, 0.25) is 5.02 Å². The topological polar surface area (TPSA) is 67.4 Å². The Morgan fingerprint density at radius 2 is 1.63 bits per heavy atom. The first-order valence-electron chi connectivity index (χ1n) is 8.95. The maximum Gasteiger partial charge on any atom is 0.272 e. The predicted molar refractivity (Wildman–Crippen MR) is 115 cm³/mol. The Morgan fingerprint density at radius 3 is 2.27 bits per heavy atom. The molecule has 0 aliphatic carbocycles. The van der Waals surface area contributed by atoms with E-state index in [1.54, 1.807) is 55.6 Å². The number of ether oxygens (including phenoxy) is 1. The summed E-state index contributed by atoms with van der Waals surface area (Å²) >= 11 is 6.08. The van der Waals surface area contributed by atoms with Crippen molar-refractivity contribution in [3.8, 4) is 5.75 Å². The second-order valence-electron chi connectivity index (χ2n) is 6.23. The van der Waals surface area contributed by atoms with Gasteiger partial charge in [0.25, 0.3) is 11.8 Å². The van der Waals surface area contributed by atoms with Gasteiger partial charge in [-0.3, -0.25) is 9.59 Å². The van der Waals surface area contributed by atoms with Gasteiger partial charge in [0.15, 0.2) is 0 Å². The van der Waals surface area contributed by atoms with E-state index in [1.807, 2.05) is 0 Å². The first-order chi connectivity index (χ1) is 14.5. The van der Waals surface area contributed by atoms with Crippen molar-refractivity contribution < 1.29 is 18.7 Å². The third-order valence-electron chi connectivity index (χ3n) is 4.14. The lowest BCUT2D eigenvalue weighted by Crippen LogP contribution is -2.30. The van der Waals surface area contributed by atoms with E-state index in [4.69, 9.17) is 16.3 Å². The van der Waals surface area contributed by atoms with Gasteiger partial charge in [-0.2, -0.15) is 0 Å². The molecule has 3 rings (SSSR count). The average Bonchev–Trinajstić information content (AvgIpc) is 2.75. The molecule has 0 atom stereocenters. The summed E-state index contributed by atoms with van der Waals surface area (Å²) in [6.07, 6.45) is 1.45. The zero-order chi connectivity index (χ0) is 21.5. The fourth-order valence-electron chi connectivity index (χ4n) is 2.59. The van der Waals surface area contributed by atoms with Crippen LogP contribution in [0.3, 0.4) is 0 Å². The molecular weight excluding hydrogens is 407 g/mol. The van der Waals surface area contributed by atoms with E-state index < -0.39 is 17.6 Å². The summed E-state index contributed by atoms with van der Waals surface area (Å²) < 4.78 is 18.3.